The van der Waals surface area contributed by atoms with Gasteiger partial charge in [-0.25, -0.2) is 0 Å². The van der Waals surface area contributed by atoms with Crippen LogP contribution in [0.3, 0.4) is 0 Å². The standard InChI is InChI=1S/C13H16ClNO3/c1-8(13(16)17)9(2)15-7-10-4-5-12(18-3)11(14)6-10/h4-6,8H,7H2,1-3H3,(H,16,17). The number of halogens is 1. The topological polar surface area (TPSA) is 58.9 Å². The van der Waals surface area contributed by atoms with E-state index in [0.717, 1.165) is 5.56 Å². The first-order valence-corrected chi connectivity index (χ1v) is 5.89. The first-order chi connectivity index (χ1) is 8.45. The van der Waals surface area contributed by atoms with E-state index in [0.29, 0.717) is 23.0 Å². The lowest BCUT2D eigenvalue weighted by molar-refractivity contribution is -0.138. The van der Waals surface area contributed by atoms with E-state index in [9.17, 15) is 4.79 Å². The molecule has 98 valence electrons. The van der Waals surface area contributed by atoms with Gasteiger partial charge in [-0.2, -0.15) is 0 Å². The molecule has 1 unspecified atom stereocenters. The van der Waals surface area contributed by atoms with Crippen molar-refractivity contribution in [2.45, 2.75) is 20.4 Å². The molecule has 0 amide bonds. The highest BCUT2D eigenvalue weighted by Crippen LogP contribution is 2.25. The van der Waals surface area contributed by atoms with E-state index < -0.39 is 11.9 Å². The number of methoxy groups -OCH3 is 1. The highest BCUT2D eigenvalue weighted by Gasteiger charge is 2.13. The number of benzene rings is 1. The lowest BCUT2D eigenvalue weighted by Gasteiger charge is -2.07. The first kappa shape index (κ1) is 14.5. The molecule has 5 heteroatoms. The van der Waals surface area contributed by atoms with Crippen molar-refractivity contribution in [2.24, 2.45) is 10.9 Å². The average Bonchev–Trinajstić information content (AvgIpc) is 2.35. The fourth-order valence-electron chi connectivity index (χ4n) is 1.34. The van der Waals surface area contributed by atoms with E-state index in [2.05, 4.69) is 4.99 Å². The Bertz CT molecular complexity index is 471. The summed E-state index contributed by atoms with van der Waals surface area (Å²) in [7, 11) is 1.55. The normalized spacial score (nSPS) is 13.2. The molecule has 4 nitrogen and oxygen atoms in total. The fourth-order valence-corrected chi connectivity index (χ4v) is 1.62. The Morgan fingerprint density at radius 1 is 1.56 bits per heavy atom. The molecule has 0 aliphatic heterocycles. The van der Waals surface area contributed by atoms with Crippen molar-refractivity contribution in [3.05, 3.63) is 28.8 Å². The molecule has 0 aromatic heterocycles. The number of hydrogen-bond donors (Lipinski definition) is 1. The maximum atomic E-state index is 10.8. The summed E-state index contributed by atoms with van der Waals surface area (Å²) < 4.78 is 5.05. The van der Waals surface area contributed by atoms with Crippen LogP contribution in [0.2, 0.25) is 5.02 Å². The van der Waals surface area contributed by atoms with E-state index >= 15 is 0 Å². The number of rotatable bonds is 5. The molecule has 0 aliphatic rings. The Hall–Kier alpha value is -1.55. The van der Waals surface area contributed by atoms with Crippen molar-refractivity contribution in [3.63, 3.8) is 0 Å². The Balaban J connectivity index is 2.77. The zero-order valence-electron chi connectivity index (χ0n) is 10.6. The zero-order valence-corrected chi connectivity index (χ0v) is 11.4. The van der Waals surface area contributed by atoms with Gasteiger partial charge in [0.1, 0.15) is 5.75 Å². The van der Waals surface area contributed by atoms with E-state index in [1.54, 1.807) is 33.1 Å². The highest BCUT2D eigenvalue weighted by atomic mass is 35.5. The van der Waals surface area contributed by atoms with Crippen LogP contribution in [0, 0.1) is 5.92 Å². The van der Waals surface area contributed by atoms with Crippen LogP contribution in [-0.2, 0) is 11.3 Å². The number of carbonyl (C=O) groups is 1. The zero-order chi connectivity index (χ0) is 13.7. The van der Waals surface area contributed by atoms with Crippen LogP contribution in [0.15, 0.2) is 23.2 Å². The fraction of sp³-hybridized carbons (Fsp3) is 0.385. The van der Waals surface area contributed by atoms with Crippen molar-refractivity contribution < 1.29 is 14.6 Å². The number of nitrogens with zero attached hydrogens (tertiary/aromatic N) is 1. The van der Waals surface area contributed by atoms with Gasteiger partial charge in [0.15, 0.2) is 0 Å². The molecule has 0 saturated carbocycles. The maximum Gasteiger partial charge on any atom is 0.311 e. The van der Waals surface area contributed by atoms with E-state index in [-0.39, 0.29) is 0 Å². The third-order valence-corrected chi connectivity index (χ3v) is 3.02. The van der Waals surface area contributed by atoms with Crippen molar-refractivity contribution in [1.82, 2.24) is 0 Å². The average molecular weight is 270 g/mol. The predicted octanol–water partition coefficient (Wildman–Crippen LogP) is 3.03. The van der Waals surface area contributed by atoms with Crippen molar-refractivity contribution in [2.75, 3.05) is 7.11 Å². The monoisotopic (exact) mass is 269 g/mol. The van der Waals surface area contributed by atoms with Crippen LogP contribution < -0.4 is 4.74 Å². The summed E-state index contributed by atoms with van der Waals surface area (Å²) in [6.45, 7) is 3.74. The van der Waals surface area contributed by atoms with E-state index in [1.165, 1.54) is 0 Å². The van der Waals surface area contributed by atoms with Gasteiger partial charge in [-0.05, 0) is 31.5 Å². The first-order valence-electron chi connectivity index (χ1n) is 5.52. The summed E-state index contributed by atoms with van der Waals surface area (Å²) in [4.78, 5) is 15.0. The molecular formula is C13H16ClNO3. The molecule has 1 rings (SSSR count). The van der Waals surface area contributed by atoms with Crippen LogP contribution in [0.5, 0.6) is 5.75 Å². The quantitative estimate of drug-likeness (QED) is 0.836. The van der Waals surface area contributed by atoms with Gasteiger partial charge in [-0.3, -0.25) is 9.79 Å². The third kappa shape index (κ3) is 3.74. The number of hydrogen-bond acceptors (Lipinski definition) is 3. The Labute approximate surface area is 111 Å². The van der Waals surface area contributed by atoms with Crippen molar-refractivity contribution >= 4 is 23.3 Å². The van der Waals surface area contributed by atoms with Crippen molar-refractivity contribution in [3.8, 4) is 5.75 Å². The summed E-state index contributed by atoms with van der Waals surface area (Å²) in [5.41, 5.74) is 1.51. The van der Waals surface area contributed by atoms with Crippen LogP contribution in [0.1, 0.15) is 19.4 Å². The minimum absolute atomic E-state index is 0.410. The second-order valence-electron chi connectivity index (χ2n) is 3.99. The molecule has 0 fully saturated rings. The summed E-state index contributed by atoms with van der Waals surface area (Å²) in [6, 6.07) is 5.39. The molecule has 0 saturated heterocycles. The second kappa shape index (κ2) is 6.40. The van der Waals surface area contributed by atoms with E-state index in [4.69, 9.17) is 21.4 Å². The van der Waals surface area contributed by atoms with E-state index in [1.807, 2.05) is 6.07 Å². The Kier molecular flexibility index (Phi) is 5.16. The summed E-state index contributed by atoms with van der Waals surface area (Å²) in [6.07, 6.45) is 0. The summed E-state index contributed by atoms with van der Waals surface area (Å²) in [5, 5.41) is 9.37. The minimum atomic E-state index is -0.871. The molecule has 18 heavy (non-hydrogen) atoms. The van der Waals surface area contributed by atoms with Crippen molar-refractivity contribution in [1.29, 1.82) is 0 Å². The number of aliphatic imine (C=N–C) groups is 1. The van der Waals surface area contributed by atoms with Crippen LogP contribution in [-0.4, -0.2) is 23.9 Å². The number of carboxylic acid groups (broad SMARTS) is 1. The van der Waals surface area contributed by atoms with Crippen LogP contribution in [0.25, 0.3) is 0 Å². The minimum Gasteiger partial charge on any atom is -0.495 e. The smallest absolute Gasteiger partial charge is 0.311 e. The molecule has 0 radical (unpaired) electrons. The molecular weight excluding hydrogens is 254 g/mol. The Morgan fingerprint density at radius 3 is 2.72 bits per heavy atom. The van der Waals surface area contributed by atoms with Gasteiger partial charge in [-0.15, -0.1) is 0 Å². The molecule has 0 heterocycles. The van der Waals surface area contributed by atoms with Gasteiger partial charge in [0.25, 0.3) is 0 Å². The molecule has 0 bridgehead atoms. The van der Waals surface area contributed by atoms with Gasteiger partial charge >= 0.3 is 5.97 Å². The number of aliphatic carboxylic acids is 1. The SMILES string of the molecule is COc1ccc(CN=C(C)C(C)C(=O)O)cc1Cl. The maximum absolute atomic E-state index is 10.8. The van der Waals surface area contributed by atoms with Gasteiger partial charge in [0.05, 0.1) is 24.6 Å². The Morgan fingerprint density at radius 2 is 2.22 bits per heavy atom. The summed E-state index contributed by atoms with van der Waals surface area (Å²) in [5.74, 6) is -0.831. The second-order valence-corrected chi connectivity index (χ2v) is 4.39. The largest absolute Gasteiger partial charge is 0.495 e. The van der Waals surface area contributed by atoms with Gasteiger partial charge in [0, 0.05) is 5.71 Å². The van der Waals surface area contributed by atoms with Crippen LogP contribution in [0.4, 0.5) is 0 Å². The highest BCUT2D eigenvalue weighted by molar-refractivity contribution is 6.32. The number of carboxylic acids is 1. The molecule has 0 aliphatic carbocycles. The lowest BCUT2D eigenvalue weighted by Crippen LogP contribution is -2.18. The molecule has 1 N–H and O–H groups in total. The summed E-state index contributed by atoms with van der Waals surface area (Å²) >= 11 is 5.99. The van der Waals surface area contributed by atoms with Gasteiger partial charge < -0.3 is 9.84 Å². The lowest BCUT2D eigenvalue weighted by atomic mass is 10.1. The molecule has 0 spiro atoms. The predicted molar refractivity (Wildman–Crippen MR) is 71.6 cm³/mol. The van der Waals surface area contributed by atoms with Crippen LogP contribution >= 0.6 is 11.6 Å². The van der Waals surface area contributed by atoms with Gasteiger partial charge in [0.2, 0.25) is 0 Å². The molecule has 1 aromatic rings. The number of ether oxygens (including phenoxy) is 1. The van der Waals surface area contributed by atoms with Gasteiger partial charge in [-0.1, -0.05) is 17.7 Å². The molecule has 1 aromatic carbocycles. The molecule has 1 atom stereocenters. The third-order valence-electron chi connectivity index (χ3n) is 2.72.